The zero-order valence-electron chi connectivity index (χ0n) is 17.8. The van der Waals surface area contributed by atoms with Crippen LogP contribution >= 0.6 is 39.5 Å². The third-order valence-corrected chi connectivity index (χ3v) is 6.33. The van der Waals surface area contributed by atoms with Crippen molar-refractivity contribution in [2.75, 3.05) is 29.7 Å². The molecule has 2 amide bonds. The number of amides is 2. The Morgan fingerprint density at radius 2 is 1.94 bits per heavy atom. The number of carbonyl (C=O) groups is 2. The van der Waals surface area contributed by atoms with Crippen LogP contribution in [0.2, 0.25) is 0 Å². The number of ether oxygens (including phenoxy) is 1. The second-order valence-corrected chi connectivity index (χ2v) is 9.35. The summed E-state index contributed by atoms with van der Waals surface area (Å²) in [7, 11) is 0. The molecular formula is C21H27BrN4O3S2. The lowest BCUT2D eigenvalue weighted by atomic mass is 10.2. The van der Waals surface area contributed by atoms with E-state index in [1.54, 1.807) is 42.2 Å². The van der Waals surface area contributed by atoms with E-state index < -0.39 is 11.9 Å². The third-order valence-electron chi connectivity index (χ3n) is 4.04. The fourth-order valence-corrected chi connectivity index (χ4v) is 4.05. The molecule has 0 fully saturated rings. The fraction of sp³-hybridized carbons (Fsp3) is 0.429. The van der Waals surface area contributed by atoms with Crippen molar-refractivity contribution in [1.29, 1.82) is 0 Å². The Hall–Kier alpha value is -1.78. The molecule has 2 aromatic rings. The number of nitrogens with zero attached hydrogens (tertiary/aromatic N) is 2. The van der Waals surface area contributed by atoms with E-state index in [1.807, 2.05) is 13.2 Å². The van der Waals surface area contributed by atoms with Gasteiger partial charge in [-0.05, 0) is 72.0 Å². The van der Waals surface area contributed by atoms with Crippen molar-refractivity contribution in [2.45, 2.75) is 37.9 Å². The van der Waals surface area contributed by atoms with Gasteiger partial charge < -0.3 is 15.4 Å². The van der Waals surface area contributed by atoms with E-state index in [-0.39, 0.29) is 11.6 Å². The highest BCUT2D eigenvalue weighted by Gasteiger charge is 2.23. The summed E-state index contributed by atoms with van der Waals surface area (Å²) in [5.41, 5.74) is 0.856. The van der Waals surface area contributed by atoms with E-state index in [9.17, 15) is 9.59 Å². The molecule has 0 aliphatic heterocycles. The summed E-state index contributed by atoms with van der Waals surface area (Å²) >= 11 is 6.44. The number of hydrogen-bond donors (Lipinski definition) is 2. The largest absolute Gasteiger partial charge is 0.494 e. The highest BCUT2D eigenvalue weighted by atomic mass is 79.9. The predicted octanol–water partition coefficient (Wildman–Crippen LogP) is 4.63. The number of aromatic nitrogens is 2. The van der Waals surface area contributed by atoms with Crippen molar-refractivity contribution in [1.82, 2.24) is 15.3 Å². The summed E-state index contributed by atoms with van der Waals surface area (Å²) in [5.74, 6) is 1.63. The average molecular weight is 528 g/mol. The van der Waals surface area contributed by atoms with Crippen molar-refractivity contribution in [3.05, 3.63) is 40.6 Å². The van der Waals surface area contributed by atoms with E-state index in [0.29, 0.717) is 28.3 Å². The molecule has 2 N–H and O–H groups in total. The maximum absolute atomic E-state index is 12.9. The van der Waals surface area contributed by atoms with Crippen LogP contribution in [0.1, 0.15) is 37.2 Å². The van der Waals surface area contributed by atoms with E-state index in [2.05, 4.69) is 43.5 Å². The topological polar surface area (TPSA) is 93.2 Å². The van der Waals surface area contributed by atoms with Crippen molar-refractivity contribution in [3.63, 3.8) is 0 Å². The lowest BCUT2D eigenvalue weighted by molar-refractivity contribution is -0.118. The van der Waals surface area contributed by atoms with Gasteiger partial charge in [-0.1, -0.05) is 18.7 Å². The quantitative estimate of drug-likeness (QED) is 0.307. The lowest BCUT2D eigenvalue weighted by Crippen LogP contribution is -2.44. The van der Waals surface area contributed by atoms with Crippen molar-refractivity contribution in [3.8, 4) is 5.75 Å². The van der Waals surface area contributed by atoms with Gasteiger partial charge in [0.15, 0.2) is 5.16 Å². The number of halogens is 1. The molecule has 10 heteroatoms. The summed E-state index contributed by atoms with van der Waals surface area (Å²) in [5, 5.41) is 6.23. The average Bonchev–Trinajstić information content (AvgIpc) is 2.77. The smallest absolute Gasteiger partial charge is 0.271 e. The highest BCUT2D eigenvalue weighted by Crippen LogP contribution is 2.20. The number of thioether (sulfide) groups is 2. The molecule has 2 rings (SSSR count). The Balaban J connectivity index is 2.10. The van der Waals surface area contributed by atoms with E-state index >= 15 is 0 Å². The molecule has 0 saturated carbocycles. The maximum atomic E-state index is 12.9. The molecule has 0 radical (unpaired) electrons. The molecule has 1 aromatic carbocycles. The van der Waals surface area contributed by atoms with E-state index in [0.717, 1.165) is 23.7 Å². The number of hydrogen-bond acceptors (Lipinski definition) is 7. The number of rotatable bonds is 12. The van der Waals surface area contributed by atoms with Crippen LogP contribution in [0.4, 0.5) is 5.69 Å². The minimum Gasteiger partial charge on any atom is -0.494 e. The summed E-state index contributed by atoms with van der Waals surface area (Å²) < 4.78 is 5.91. The molecule has 7 nitrogen and oxygen atoms in total. The normalized spacial score (nSPS) is 11.6. The Labute approximate surface area is 200 Å². The van der Waals surface area contributed by atoms with Crippen LogP contribution < -0.4 is 15.4 Å². The zero-order valence-corrected chi connectivity index (χ0v) is 21.0. The van der Waals surface area contributed by atoms with Gasteiger partial charge in [0.05, 0.1) is 11.1 Å². The van der Waals surface area contributed by atoms with Gasteiger partial charge in [0, 0.05) is 17.6 Å². The molecule has 0 spiro atoms. The van der Waals surface area contributed by atoms with Crippen LogP contribution in [0.15, 0.2) is 40.1 Å². The SMILES string of the molecule is CCCSc1ncc(Br)c(C(=O)NC(CCSC)C(=O)Nc2ccc(OCC)cc2)n1. The van der Waals surface area contributed by atoms with Gasteiger partial charge in [0.1, 0.15) is 17.5 Å². The first-order chi connectivity index (χ1) is 15.0. The Morgan fingerprint density at radius 3 is 2.58 bits per heavy atom. The van der Waals surface area contributed by atoms with Crippen LogP contribution in [-0.4, -0.2) is 52.2 Å². The van der Waals surface area contributed by atoms with Crippen LogP contribution in [0.5, 0.6) is 5.75 Å². The monoisotopic (exact) mass is 526 g/mol. The highest BCUT2D eigenvalue weighted by molar-refractivity contribution is 9.10. The first-order valence-corrected chi connectivity index (χ1v) is 13.1. The van der Waals surface area contributed by atoms with Crippen LogP contribution in [-0.2, 0) is 4.79 Å². The first kappa shape index (κ1) is 25.5. The number of nitrogens with one attached hydrogen (secondary N) is 2. The van der Waals surface area contributed by atoms with Crippen molar-refractivity contribution in [2.24, 2.45) is 0 Å². The Bertz CT molecular complexity index is 868. The molecule has 1 aromatic heterocycles. The van der Waals surface area contributed by atoms with E-state index in [4.69, 9.17) is 4.74 Å². The zero-order chi connectivity index (χ0) is 22.6. The molecule has 0 aliphatic carbocycles. The lowest BCUT2D eigenvalue weighted by Gasteiger charge is -2.18. The van der Waals surface area contributed by atoms with Gasteiger partial charge in [0.2, 0.25) is 5.91 Å². The molecule has 1 unspecified atom stereocenters. The summed E-state index contributed by atoms with van der Waals surface area (Å²) in [6.45, 7) is 4.56. The van der Waals surface area contributed by atoms with Gasteiger partial charge in [-0.15, -0.1) is 0 Å². The number of anilines is 1. The van der Waals surface area contributed by atoms with Gasteiger partial charge in [-0.2, -0.15) is 11.8 Å². The van der Waals surface area contributed by atoms with Crippen molar-refractivity contribution < 1.29 is 14.3 Å². The maximum Gasteiger partial charge on any atom is 0.271 e. The number of benzene rings is 1. The molecule has 0 bridgehead atoms. The van der Waals surface area contributed by atoms with E-state index in [1.165, 1.54) is 11.8 Å². The number of carbonyl (C=O) groups excluding carboxylic acids is 2. The fourth-order valence-electron chi connectivity index (χ4n) is 2.53. The second kappa shape index (κ2) is 13.6. The second-order valence-electron chi connectivity index (χ2n) is 6.45. The molecule has 168 valence electrons. The molecule has 0 aliphatic rings. The van der Waals surface area contributed by atoms with Crippen LogP contribution in [0.25, 0.3) is 0 Å². The summed E-state index contributed by atoms with van der Waals surface area (Å²) in [6, 6.07) is 6.44. The van der Waals surface area contributed by atoms with Gasteiger partial charge in [0.25, 0.3) is 5.91 Å². The van der Waals surface area contributed by atoms with Crippen molar-refractivity contribution >= 4 is 57.0 Å². The Kier molecular flexibility index (Phi) is 11.2. The minimum absolute atomic E-state index is 0.219. The van der Waals surface area contributed by atoms with Crippen LogP contribution in [0, 0.1) is 0 Å². The molecule has 0 saturated heterocycles. The Morgan fingerprint density at radius 1 is 1.19 bits per heavy atom. The minimum atomic E-state index is -0.694. The molecule has 1 atom stereocenters. The standard InChI is InChI=1S/C21H27BrN4O3S2/c1-4-11-31-21-23-13-16(22)18(26-21)20(28)25-17(10-12-30-3)19(27)24-14-6-8-15(9-7-14)29-5-2/h6-9,13,17H,4-5,10-12H2,1-3H3,(H,24,27)(H,25,28). The van der Waals surface area contributed by atoms with Crippen LogP contribution in [0.3, 0.4) is 0 Å². The first-order valence-electron chi connectivity index (χ1n) is 9.97. The van der Waals surface area contributed by atoms with Gasteiger partial charge in [-0.3, -0.25) is 9.59 Å². The van der Waals surface area contributed by atoms with Gasteiger partial charge in [-0.25, -0.2) is 9.97 Å². The predicted molar refractivity (Wildman–Crippen MR) is 131 cm³/mol. The van der Waals surface area contributed by atoms with Gasteiger partial charge >= 0.3 is 0 Å². The summed E-state index contributed by atoms with van der Waals surface area (Å²) in [4.78, 5) is 34.4. The third kappa shape index (κ3) is 8.34. The summed E-state index contributed by atoms with van der Waals surface area (Å²) in [6.07, 6.45) is 5.00. The molecular weight excluding hydrogens is 500 g/mol. The molecule has 31 heavy (non-hydrogen) atoms. The molecule has 1 heterocycles.